The summed E-state index contributed by atoms with van der Waals surface area (Å²) in [5.41, 5.74) is -0.474. The molecule has 0 bridgehead atoms. The topological polar surface area (TPSA) is 43.4 Å². The summed E-state index contributed by atoms with van der Waals surface area (Å²) in [7, 11) is 0.951. The van der Waals surface area contributed by atoms with E-state index < -0.39 is 45.9 Å². The second-order valence-electron chi connectivity index (χ2n) is 6.48. The molecule has 2 rings (SSSR count). The molecule has 0 aliphatic heterocycles. The summed E-state index contributed by atoms with van der Waals surface area (Å²) in [6.45, 7) is 3.69. The minimum absolute atomic E-state index is 0.426. The maximum Gasteiger partial charge on any atom is 0.307 e. The first-order valence-electron chi connectivity index (χ1n) is 9.16. The van der Waals surface area contributed by atoms with Crippen molar-refractivity contribution in [1.29, 1.82) is 0 Å². The van der Waals surface area contributed by atoms with Crippen LogP contribution >= 0.6 is 0 Å². The van der Waals surface area contributed by atoms with Crippen molar-refractivity contribution in [2.24, 2.45) is 0 Å². The summed E-state index contributed by atoms with van der Waals surface area (Å²) in [5.74, 6) is -6.65. The van der Waals surface area contributed by atoms with Crippen LogP contribution in [0.4, 0.5) is 27.2 Å². The third-order valence-corrected chi connectivity index (χ3v) is 4.08. The Morgan fingerprint density at radius 2 is 1.03 bits per heavy atom. The van der Waals surface area contributed by atoms with Crippen molar-refractivity contribution in [3.05, 3.63) is 58.7 Å². The van der Waals surface area contributed by atoms with Gasteiger partial charge in [-0.1, -0.05) is 26.7 Å². The Hall–Kier alpha value is -2.57. The molecule has 0 N–H and O–H groups in total. The van der Waals surface area contributed by atoms with Gasteiger partial charge in [0, 0.05) is 0 Å². The van der Waals surface area contributed by atoms with E-state index in [1.165, 1.54) is 0 Å². The summed E-state index contributed by atoms with van der Waals surface area (Å²) >= 11 is 0. The molecule has 0 aromatic heterocycles. The molecule has 0 saturated heterocycles. The molecule has 9 heteroatoms. The Bertz CT molecular complexity index is 799. The predicted molar refractivity (Wildman–Crippen MR) is 103 cm³/mol. The molecule has 0 amide bonds. The van der Waals surface area contributed by atoms with Gasteiger partial charge >= 0.3 is 14.6 Å². The SMILES string of the molecule is CCCc1cc(F)c([B]C(=O)OC(=O)[B]c2c(F)cc(CCC)cc2F)c(F)c1. The number of hydrogen-bond donors (Lipinski definition) is 0. The zero-order valence-corrected chi connectivity index (χ0v) is 16.0. The fourth-order valence-corrected chi connectivity index (χ4v) is 2.81. The molecule has 2 aromatic rings. The molecule has 2 aromatic carbocycles. The number of aryl methyl sites for hydroxylation is 2. The first kappa shape index (κ1) is 22.7. The first-order valence-corrected chi connectivity index (χ1v) is 9.16. The molecule has 0 fully saturated rings. The lowest BCUT2D eigenvalue weighted by atomic mass is 9.67. The zero-order chi connectivity index (χ0) is 21.6. The van der Waals surface area contributed by atoms with Crippen molar-refractivity contribution in [3.8, 4) is 0 Å². The van der Waals surface area contributed by atoms with Gasteiger partial charge in [-0.15, -0.1) is 0 Å². The number of carbonyl (C=O) groups is 2. The number of ether oxygens (including phenoxy) is 1. The van der Waals surface area contributed by atoms with Gasteiger partial charge in [0.25, 0.3) is 11.7 Å². The highest BCUT2D eigenvalue weighted by atomic mass is 19.1. The Morgan fingerprint density at radius 1 is 0.724 bits per heavy atom. The van der Waals surface area contributed by atoms with Gasteiger partial charge in [0.15, 0.2) is 0 Å². The third-order valence-electron chi connectivity index (χ3n) is 4.08. The quantitative estimate of drug-likeness (QED) is 0.383. The summed E-state index contributed by atoms with van der Waals surface area (Å²) in [4.78, 5) is 23.6. The summed E-state index contributed by atoms with van der Waals surface area (Å²) in [5, 5.41) is 0. The molecule has 0 heterocycles. The molecular weight excluding hydrogens is 386 g/mol. The fraction of sp³-hybridized carbons (Fsp3) is 0.300. The Morgan fingerprint density at radius 3 is 1.31 bits per heavy atom. The molecule has 29 heavy (non-hydrogen) atoms. The van der Waals surface area contributed by atoms with Gasteiger partial charge in [-0.3, -0.25) is 9.59 Å². The van der Waals surface area contributed by atoms with Crippen LogP contribution in [0.2, 0.25) is 0 Å². The maximum atomic E-state index is 14.0. The van der Waals surface area contributed by atoms with Crippen molar-refractivity contribution < 1.29 is 31.9 Å². The van der Waals surface area contributed by atoms with E-state index >= 15 is 0 Å². The Labute approximate surface area is 167 Å². The van der Waals surface area contributed by atoms with E-state index in [9.17, 15) is 27.2 Å². The number of rotatable bonds is 8. The predicted octanol–water partition coefficient (Wildman–Crippen LogP) is 3.76. The lowest BCUT2D eigenvalue weighted by Crippen LogP contribution is -2.36. The van der Waals surface area contributed by atoms with Crippen LogP contribution < -0.4 is 10.9 Å². The number of benzene rings is 2. The maximum absolute atomic E-state index is 14.0. The van der Waals surface area contributed by atoms with E-state index in [4.69, 9.17) is 0 Å². The van der Waals surface area contributed by atoms with Gasteiger partial charge in [0.05, 0.1) is 0 Å². The van der Waals surface area contributed by atoms with E-state index in [0.29, 0.717) is 51.4 Å². The van der Waals surface area contributed by atoms with Crippen molar-refractivity contribution in [2.75, 3.05) is 0 Å². The zero-order valence-electron chi connectivity index (χ0n) is 16.0. The number of hydrogen-bond acceptors (Lipinski definition) is 3. The van der Waals surface area contributed by atoms with Crippen LogP contribution in [-0.4, -0.2) is 26.3 Å². The second kappa shape index (κ2) is 10.3. The molecule has 150 valence electrons. The smallest absolute Gasteiger partial charge is 0.307 e. The molecular formula is C20H18B2F4O3. The molecule has 0 spiro atoms. The summed E-state index contributed by atoms with van der Waals surface area (Å²) in [6, 6.07) is 4.34. The van der Waals surface area contributed by atoms with Crippen LogP contribution in [0.25, 0.3) is 0 Å². The fourth-order valence-electron chi connectivity index (χ4n) is 2.81. The van der Waals surface area contributed by atoms with Crippen LogP contribution in [0, 0.1) is 23.3 Å². The Balaban J connectivity index is 2.04. The van der Waals surface area contributed by atoms with Gasteiger partial charge < -0.3 is 4.74 Å². The van der Waals surface area contributed by atoms with Crippen LogP contribution in [-0.2, 0) is 17.6 Å². The van der Waals surface area contributed by atoms with E-state index in [1.54, 1.807) is 0 Å². The van der Waals surface area contributed by atoms with Crippen molar-refractivity contribution in [2.45, 2.75) is 39.5 Å². The average Bonchev–Trinajstić information content (AvgIpc) is 2.62. The number of halogens is 4. The third kappa shape index (κ3) is 6.21. The minimum Gasteiger partial charge on any atom is -0.411 e. The van der Waals surface area contributed by atoms with Crippen molar-refractivity contribution in [1.82, 2.24) is 0 Å². The molecule has 0 atom stereocenters. The Kier molecular flexibility index (Phi) is 8.05. The highest BCUT2D eigenvalue weighted by Gasteiger charge is 2.23. The van der Waals surface area contributed by atoms with Crippen LogP contribution in [0.15, 0.2) is 24.3 Å². The van der Waals surface area contributed by atoms with E-state index in [1.807, 2.05) is 13.8 Å². The van der Waals surface area contributed by atoms with Crippen molar-refractivity contribution in [3.63, 3.8) is 0 Å². The summed E-state index contributed by atoms with van der Waals surface area (Å²) in [6.07, 6.45) is 2.28. The molecule has 0 aliphatic carbocycles. The first-order chi connectivity index (χ1) is 13.7. The highest BCUT2D eigenvalue weighted by molar-refractivity contribution is 6.87. The van der Waals surface area contributed by atoms with Gasteiger partial charge in [-0.05, 0) is 59.2 Å². The van der Waals surface area contributed by atoms with Gasteiger partial charge in [0.1, 0.15) is 23.3 Å². The average molecular weight is 404 g/mol. The van der Waals surface area contributed by atoms with E-state index in [2.05, 4.69) is 4.74 Å². The molecule has 0 saturated carbocycles. The number of carbonyl (C=O) groups excluding carboxylic acids is 2. The van der Waals surface area contributed by atoms with Crippen LogP contribution in [0.5, 0.6) is 0 Å². The normalized spacial score (nSPS) is 10.6. The lowest BCUT2D eigenvalue weighted by molar-refractivity contribution is 0.184. The second-order valence-corrected chi connectivity index (χ2v) is 6.48. The molecule has 2 radical (unpaired) electrons. The lowest BCUT2D eigenvalue weighted by Gasteiger charge is -2.08. The van der Waals surface area contributed by atoms with Crippen LogP contribution in [0.3, 0.4) is 0 Å². The summed E-state index contributed by atoms with van der Waals surface area (Å²) < 4.78 is 60.4. The van der Waals surface area contributed by atoms with Gasteiger partial charge in [-0.2, -0.15) is 0 Å². The molecule has 3 nitrogen and oxygen atoms in total. The molecule has 0 aliphatic rings. The highest BCUT2D eigenvalue weighted by Crippen LogP contribution is 2.10. The standard InChI is InChI=1S/C20H18B2F4O3/c1-3-5-11-7-13(23)17(14(24)8-11)21-19(27)29-20(28)22-18-15(25)9-12(6-4-2)10-16(18)26/h7-10H,3-6H2,1-2H3. The van der Waals surface area contributed by atoms with Crippen molar-refractivity contribution >= 4 is 37.2 Å². The molecule has 0 unspecified atom stereocenters. The van der Waals surface area contributed by atoms with Gasteiger partial charge in [0.2, 0.25) is 0 Å². The van der Waals surface area contributed by atoms with E-state index in [0.717, 1.165) is 24.3 Å². The largest absolute Gasteiger partial charge is 0.411 e. The van der Waals surface area contributed by atoms with Gasteiger partial charge in [-0.25, -0.2) is 17.6 Å². The minimum atomic E-state index is -1.37. The monoisotopic (exact) mass is 404 g/mol. The van der Waals surface area contributed by atoms with E-state index in [-0.39, 0.29) is 0 Å². The van der Waals surface area contributed by atoms with Crippen LogP contribution in [0.1, 0.15) is 37.8 Å².